The van der Waals surface area contributed by atoms with Gasteiger partial charge in [0.05, 0.1) is 11.6 Å². The highest BCUT2D eigenvalue weighted by Crippen LogP contribution is 2.19. The zero-order valence-corrected chi connectivity index (χ0v) is 10.1. The highest BCUT2D eigenvalue weighted by Gasteiger charge is 2.14. The van der Waals surface area contributed by atoms with Gasteiger partial charge < -0.3 is 10.1 Å². The van der Waals surface area contributed by atoms with Crippen LogP contribution in [0.25, 0.3) is 0 Å². The molecule has 18 heavy (non-hydrogen) atoms. The normalized spacial score (nSPS) is 8.89. The Kier molecular flexibility index (Phi) is 7.86. The van der Waals surface area contributed by atoms with Gasteiger partial charge in [0.15, 0.2) is 0 Å². The molecule has 0 saturated heterocycles. The minimum absolute atomic E-state index is 0.0296. The summed E-state index contributed by atoms with van der Waals surface area (Å²) in [6, 6.07) is 7.29. The third-order valence-electron chi connectivity index (χ3n) is 1.68. The number of carbonyl (C=O) groups excluding carboxylic acids is 1. The molecule has 0 aliphatic rings. The number of ether oxygens (including phenoxy) is 1. The Labute approximate surface area is 104 Å². The molecule has 1 aromatic rings. The Balaban J connectivity index is 0.00000137. The molecule has 4 nitrogen and oxygen atoms in total. The predicted octanol–water partition coefficient (Wildman–Crippen LogP) is 2.57. The van der Waals surface area contributed by atoms with Crippen LogP contribution < -0.4 is 10.1 Å². The standard InChI is InChI=1S/C10H8F2N2O2.C2H6/c11-10(12)16-8-4-2-1-3-7(8)9(15)14-6-5-13;1-2/h1-4,10H,6H2,(H,14,15);1-2H3. The molecular formula is C12H14F2N2O2. The number of alkyl halides is 2. The second-order valence-corrected chi connectivity index (χ2v) is 2.72. The Hall–Kier alpha value is -2.16. The quantitative estimate of drug-likeness (QED) is 0.842. The van der Waals surface area contributed by atoms with Gasteiger partial charge in [-0.05, 0) is 12.1 Å². The SMILES string of the molecule is CC.N#CCNC(=O)c1ccccc1OC(F)F. The molecule has 0 heterocycles. The maximum atomic E-state index is 12.0. The fourth-order valence-corrected chi connectivity index (χ4v) is 1.07. The highest BCUT2D eigenvalue weighted by molar-refractivity contribution is 5.97. The summed E-state index contributed by atoms with van der Waals surface area (Å²) in [6.45, 7) is 0.812. The Bertz CT molecular complexity index is 417. The van der Waals surface area contributed by atoms with Crippen LogP contribution in [0.3, 0.4) is 0 Å². The summed E-state index contributed by atoms with van der Waals surface area (Å²) in [7, 11) is 0. The molecule has 1 rings (SSSR count). The molecule has 0 atom stereocenters. The number of para-hydroxylation sites is 1. The molecule has 0 unspecified atom stereocenters. The van der Waals surface area contributed by atoms with Crippen molar-refractivity contribution in [3.63, 3.8) is 0 Å². The summed E-state index contributed by atoms with van der Waals surface area (Å²) in [5.41, 5.74) is -0.0296. The smallest absolute Gasteiger partial charge is 0.387 e. The van der Waals surface area contributed by atoms with Crippen LogP contribution in [0.4, 0.5) is 8.78 Å². The van der Waals surface area contributed by atoms with Crippen molar-refractivity contribution in [2.24, 2.45) is 0 Å². The zero-order valence-electron chi connectivity index (χ0n) is 10.1. The van der Waals surface area contributed by atoms with Gasteiger partial charge in [-0.25, -0.2) is 0 Å². The fourth-order valence-electron chi connectivity index (χ4n) is 1.07. The molecular weight excluding hydrogens is 242 g/mol. The lowest BCUT2D eigenvalue weighted by Gasteiger charge is -2.09. The number of nitrogens with one attached hydrogen (secondary N) is 1. The number of nitriles is 1. The maximum absolute atomic E-state index is 12.0. The van der Waals surface area contributed by atoms with E-state index < -0.39 is 12.5 Å². The van der Waals surface area contributed by atoms with Crippen LogP contribution in [-0.4, -0.2) is 19.1 Å². The first-order valence-electron chi connectivity index (χ1n) is 5.34. The van der Waals surface area contributed by atoms with Crippen LogP contribution >= 0.6 is 0 Å². The number of benzene rings is 1. The summed E-state index contributed by atoms with van der Waals surface area (Å²) in [4.78, 5) is 11.4. The van der Waals surface area contributed by atoms with Crippen LogP contribution in [0.1, 0.15) is 24.2 Å². The van der Waals surface area contributed by atoms with Gasteiger partial charge in [0.1, 0.15) is 12.3 Å². The molecule has 0 bridgehead atoms. The Morgan fingerprint density at radius 1 is 1.44 bits per heavy atom. The molecule has 1 amide bonds. The third-order valence-corrected chi connectivity index (χ3v) is 1.68. The van der Waals surface area contributed by atoms with Crippen molar-refractivity contribution >= 4 is 5.91 Å². The summed E-state index contributed by atoms with van der Waals surface area (Å²) in [5.74, 6) is -0.842. The van der Waals surface area contributed by atoms with Crippen LogP contribution in [-0.2, 0) is 0 Å². The van der Waals surface area contributed by atoms with E-state index in [1.165, 1.54) is 24.3 Å². The van der Waals surface area contributed by atoms with Crippen LogP contribution in [0.2, 0.25) is 0 Å². The first-order chi connectivity index (χ1) is 8.65. The second kappa shape index (κ2) is 8.93. The molecule has 0 saturated carbocycles. The highest BCUT2D eigenvalue weighted by atomic mass is 19.3. The monoisotopic (exact) mass is 256 g/mol. The van der Waals surface area contributed by atoms with Crippen molar-refractivity contribution in [2.45, 2.75) is 20.5 Å². The van der Waals surface area contributed by atoms with E-state index >= 15 is 0 Å². The predicted molar refractivity (Wildman–Crippen MR) is 62.4 cm³/mol. The van der Waals surface area contributed by atoms with Crippen molar-refractivity contribution in [2.75, 3.05) is 6.54 Å². The van der Waals surface area contributed by atoms with Gasteiger partial charge in [-0.2, -0.15) is 14.0 Å². The number of nitrogens with zero attached hydrogens (tertiary/aromatic N) is 1. The number of hydrogen-bond acceptors (Lipinski definition) is 3. The van der Waals surface area contributed by atoms with Gasteiger partial charge in [-0.1, -0.05) is 26.0 Å². The molecule has 0 aliphatic carbocycles. The number of rotatable bonds is 4. The van der Waals surface area contributed by atoms with Crippen molar-refractivity contribution in [3.8, 4) is 11.8 Å². The molecule has 0 radical (unpaired) electrons. The van der Waals surface area contributed by atoms with Gasteiger partial charge in [-0.3, -0.25) is 4.79 Å². The molecule has 0 fully saturated rings. The van der Waals surface area contributed by atoms with Gasteiger partial charge in [0, 0.05) is 0 Å². The lowest BCUT2D eigenvalue weighted by molar-refractivity contribution is -0.0501. The van der Waals surface area contributed by atoms with Crippen LogP contribution in [0.15, 0.2) is 24.3 Å². The Morgan fingerprint density at radius 2 is 2.06 bits per heavy atom. The molecule has 1 aromatic carbocycles. The lowest BCUT2D eigenvalue weighted by Crippen LogP contribution is -2.24. The first kappa shape index (κ1) is 15.8. The molecule has 98 valence electrons. The van der Waals surface area contributed by atoms with E-state index in [4.69, 9.17) is 5.26 Å². The van der Waals surface area contributed by atoms with E-state index in [1.54, 1.807) is 6.07 Å². The van der Waals surface area contributed by atoms with Crippen LogP contribution in [0, 0.1) is 11.3 Å². The lowest BCUT2D eigenvalue weighted by atomic mass is 10.2. The number of halogens is 2. The van der Waals surface area contributed by atoms with Crippen LogP contribution in [0.5, 0.6) is 5.75 Å². The van der Waals surface area contributed by atoms with Gasteiger partial charge in [-0.15, -0.1) is 0 Å². The summed E-state index contributed by atoms with van der Waals surface area (Å²) >= 11 is 0. The van der Waals surface area contributed by atoms with E-state index in [9.17, 15) is 13.6 Å². The van der Waals surface area contributed by atoms with E-state index in [-0.39, 0.29) is 17.9 Å². The van der Waals surface area contributed by atoms with Crippen molar-refractivity contribution < 1.29 is 18.3 Å². The minimum atomic E-state index is -3.00. The van der Waals surface area contributed by atoms with Gasteiger partial charge in [0.25, 0.3) is 5.91 Å². The maximum Gasteiger partial charge on any atom is 0.387 e. The van der Waals surface area contributed by atoms with Crippen molar-refractivity contribution in [3.05, 3.63) is 29.8 Å². The minimum Gasteiger partial charge on any atom is -0.434 e. The van der Waals surface area contributed by atoms with Crippen molar-refractivity contribution in [1.29, 1.82) is 5.26 Å². The summed E-state index contributed by atoms with van der Waals surface area (Å²) < 4.78 is 28.2. The average Bonchev–Trinajstić information content (AvgIpc) is 2.38. The van der Waals surface area contributed by atoms with Gasteiger partial charge >= 0.3 is 6.61 Å². The summed E-state index contributed by atoms with van der Waals surface area (Å²) in [6.07, 6.45) is 0. The van der Waals surface area contributed by atoms with E-state index in [2.05, 4.69) is 10.1 Å². The molecule has 0 spiro atoms. The topological polar surface area (TPSA) is 62.1 Å². The number of amides is 1. The van der Waals surface area contributed by atoms with Gasteiger partial charge in [0.2, 0.25) is 0 Å². The van der Waals surface area contributed by atoms with E-state index in [1.807, 2.05) is 13.8 Å². The number of hydrogen-bond donors (Lipinski definition) is 1. The van der Waals surface area contributed by atoms with Crippen molar-refractivity contribution in [1.82, 2.24) is 5.32 Å². The molecule has 6 heteroatoms. The molecule has 1 N–H and O–H groups in total. The summed E-state index contributed by atoms with van der Waals surface area (Å²) in [5, 5.41) is 10.5. The zero-order chi connectivity index (χ0) is 14.0. The molecule has 0 aromatic heterocycles. The third kappa shape index (κ3) is 5.25. The number of carbonyl (C=O) groups is 1. The largest absolute Gasteiger partial charge is 0.434 e. The second-order valence-electron chi connectivity index (χ2n) is 2.72. The van der Waals surface area contributed by atoms with E-state index in [0.717, 1.165) is 0 Å². The Morgan fingerprint density at radius 3 is 2.61 bits per heavy atom. The first-order valence-corrected chi connectivity index (χ1v) is 5.34. The fraction of sp³-hybridized carbons (Fsp3) is 0.333. The average molecular weight is 256 g/mol. The molecule has 0 aliphatic heterocycles. The van der Waals surface area contributed by atoms with E-state index in [0.29, 0.717) is 0 Å².